The van der Waals surface area contributed by atoms with Crippen molar-refractivity contribution in [3.8, 4) is 0 Å². The predicted molar refractivity (Wildman–Crippen MR) is 86.5 cm³/mol. The lowest BCUT2D eigenvalue weighted by Gasteiger charge is -2.18. The first kappa shape index (κ1) is 17.1. The third kappa shape index (κ3) is 5.57. The number of nitrogen functional groups attached to an aromatic ring is 1. The van der Waals surface area contributed by atoms with Crippen molar-refractivity contribution in [3.05, 3.63) is 22.2 Å². The van der Waals surface area contributed by atoms with Gasteiger partial charge in [0.2, 0.25) is 5.91 Å². The van der Waals surface area contributed by atoms with Crippen LogP contribution in [0.25, 0.3) is 0 Å². The molecule has 3 N–H and O–H groups in total. The fraction of sp³-hybridized carbons (Fsp3) is 0.500. The van der Waals surface area contributed by atoms with Crippen molar-refractivity contribution < 1.29 is 4.79 Å². The summed E-state index contributed by atoms with van der Waals surface area (Å²) in [4.78, 5) is 13.9. The van der Waals surface area contributed by atoms with E-state index in [1.165, 1.54) is 0 Å². The third-order valence-corrected chi connectivity index (χ3v) is 3.37. The second kappa shape index (κ2) is 7.72. The van der Waals surface area contributed by atoms with Crippen molar-refractivity contribution >= 4 is 40.5 Å². The van der Waals surface area contributed by atoms with E-state index in [1.54, 1.807) is 12.1 Å². The number of benzene rings is 1. The van der Waals surface area contributed by atoms with E-state index in [4.69, 9.17) is 28.9 Å². The molecule has 20 heavy (non-hydrogen) atoms. The monoisotopic (exact) mass is 317 g/mol. The van der Waals surface area contributed by atoms with Gasteiger partial charge in [-0.05, 0) is 38.1 Å². The first-order chi connectivity index (χ1) is 9.29. The van der Waals surface area contributed by atoms with Crippen LogP contribution in [0.15, 0.2) is 12.1 Å². The molecule has 0 aliphatic carbocycles. The van der Waals surface area contributed by atoms with Crippen molar-refractivity contribution in [1.82, 2.24) is 4.90 Å². The van der Waals surface area contributed by atoms with Crippen LogP contribution in [0.3, 0.4) is 0 Å². The lowest BCUT2D eigenvalue weighted by atomic mass is 10.1. The molecule has 0 radical (unpaired) electrons. The van der Waals surface area contributed by atoms with E-state index in [9.17, 15) is 4.79 Å². The summed E-state index contributed by atoms with van der Waals surface area (Å²) in [6.45, 7) is 5.48. The molecule has 0 saturated heterocycles. The van der Waals surface area contributed by atoms with Crippen LogP contribution in [0.2, 0.25) is 10.0 Å². The summed E-state index contributed by atoms with van der Waals surface area (Å²) in [5, 5.41) is 3.51. The molecule has 1 aromatic carbocycles. The number of likely N-dealkylation sites (N-methyl/N-ethyl adjacent to an activating group) is 1. The normalized spacial score (nSPS) is 11.2. The van der Waals surface area contributed by atoms with Crippen LogP contribution in [0.5, 0.6) is 0 Å². The molecule has 0 saturated carbocycles. The number of nitrogens with zero attached hydrogens (tertiary/aromatic N) is 1. The van der Waals surface area contributed by atoms with Gasteiger partial charge in [-0.1, -0.05) is 37.0 Å². The maximum atomic E-state index is 12.0. The summed E-state index contributed by atoms with van der Waals surface area (Å²) in [7, 11) is 1.91. The number of carbonyl (C=O) groups is 1. The SMILES string of the molecule is CC(C)CCN(C)CC(=O)Nc1c(N)cc(Cl)cc1Cl. The average molecular weight is 318 g/mol. The van der Waals surface area contributed by atoms with Crippen molar-refractivity contribution in [2.75, 3.05) is 31.2 Å². The Hall–Kier alpha value is -0.970. The van der Waals surface area contributed by atoms with Crippen LogP contribution in [0.4, 0.5) is 11.4 Å². The van der Waals surface area contributed by atoms with E-state index >= 15 is 0 Å². The Kier molecular flexibility index (Phi) is 6.59. The van der Waals surface area contributed by atoms with Crippen molar-refractivity contribution in [1.29, 1.82) is 0 Å². The van der Waals surface area contributed by atoms with Gasteiger partial charge in [-0.25, -0.2) is 0 Å². The molecule has 0 bridgehead atoms. The Balaban J connectivity index is 2.59. The quantitative estimate of drug-likeness (QED) is 0.789. The Morgan fingerprint density at radius 3 is 2.60 bits per heavy atom. The number of nitrogens with two attached hydrogens (primary N) is 1. The van der Waals surface area contributed by atoms with E-state index in [2.05, 4.69) is 19.2 Å². The number of anilines is 2. The molecule has 0 spiro atoms. The zero-order valence-corrected chi connectivity index (χ0v) is 13.6. The zero-order chi connectivity index (χ0) is 15.3. The summed E-state index contributed by atoms with van der Waals surface area (Å²) in [5.41, 5.74) is 6.58. The van der Waals surface area contributed by atoms with Crippen LogP contribution >= 0.6 is 23.2 Å². The number of rotatable bonds is 6. The minimum absolute atomic E-state index is 0.146. The summed E-state index contributed by atoms with van der Waals surface area (Å²) in [5.74, 6) is 0.467. The van der Waals surface area contributed by atoms with Crippen molar-refractivity contribution in [2.24, 2.45) is 5.92 Å². The molecule has 0 heterocycles. The van der Waals surface area contributed by atoms with E-state index < -0.39 is 0 Å². The molecule has 0 fully saturated rings. The predicted octanol–water partition coefficient (Wildman–Crippen LogP) is 3.49. The second-order valence-electron chi connectivity index (χ2n) is 5.32. The van der Waals surface area contributed by atoms with Gasteiger partial charge in [-0.2, -0.15) is 0 Å². The first-order valence-corrected chi connectivity index (χ1v) is 7.28. The van der Waals surface area contributed by atoms with E-state index in [1.807, 2.05) is 11.9 Å². The lowest BCUT2D eigenvalue weighted by Crippen LogP contribution is -2.31. The molecule has 0 unspecified atom stereocenters. The molecule has 0 atom stereocenters. The first-order valence-electron chi connectivity index (χ1n) is 6.52. The third-order valence-electron chi connectivity index (χ3n) is 2.85. The molecule has 1 aromatic rings. The fourth-order valence-corrected chi connectivity index (χ4v) is 2.26. The maximum Gasteiger partial charge on any atom is 0.238 e. The zero-order valence-electron chi connectivity index (χ0n) is 12.0. The topological polar surface area (TPSA) is 58.4 Å². The van der Waals surface area contributed by atoms with Gasteiger partial charge in [-0.15, -0.1) is 0 Å². The van der Waals surface area contributed by atoms with E-state index in [0.29, 0.717) is 33.9 Å². The number of hydrogen-bond acceptors (Lipinski definition) is 3. The molecule has 0 aliphatic rings. The number of nitrogens with one attached hydrogen (secondary N) is 1. The van der Waals surface area contributed by atoms with Crippen LogP contribution in [0.1, 0.15) is 20.3 Å². The van der Waals surface area contributed by atoms with Gasteiger partial charge in [0.15, 0.2) is 0 Å². The van der Waals surface area contributed by atoms with Gasteiger partial charge in [0, 0.05) is 5.02 Å². The van der Waals surface area contributed by atoms with Crippen LogP contribution in [-0.2, 0) is 4.79 Å². The molecular formula is C14H21Cl2N3O. The Morgan fingerprint density at radius 1 is 1.40 bits per heavy atom. The standard InChI is InChI=1S/C14H21Cl2N3O/c1-9(2)4-5-19(3)8-13(20)18-14-11(16)6-10(15)7-12(14)17/h6-7,9H,4-5,8,17H2,1-3H3,(H,18,20). The summed E-state index contributed by atoms with van der Waals surface area (Å²) >= 11 is 11.9. The van der Waals surface area contributed by atoms with Crippen molar-refractivity contribution in [3.63, 3.8) is 0 Å². The molecular weight excluding hydrogens is 297 g/mol. The van der Waals surface area contributed by atoms with Gasteiger partial charge >= 0.3 is 0 Å². The average Bonchev–Trinajstić information content (AvgIpc) is 2.31. The molecule has 112 valence electrons. The molecule has 1 amide bonds. The number of amides is 1. The summed E-state index contributed by atoms with van der Waals surface area (Å²) in [6.07, 6.45) is 1.05. The Labute approximate surface area is 130 Å². The highest BCUT2D eigenvalue weighted by molar-refractivity contribution is 6.37. The smallest absolute Gasteiger partial charge is 0.238 e. The van der Waals surface area contributed by atoms with Crippen LogP contribution in [0, 0.1) is 5.92 Å². The van der Waals surface area contributed by atoms with Gasteiger partial charge in [0.05, 0.1) is 22.9 Å². The minimum Gasteiger partial charge on any atom is -0.397 e. The van der Waals surface area contributed by atoms with E-state index in [0.717, 1.165) is 13.0 Å². The maximum absolute atomic E-state index is 12.0. The van der Waals surface area contributed by atoms with Crippen LogP contribution < -0.4 is 11.1 Å². The van der Waals surface area contributed by atoms with E-state index in [-0.39, 0.29) is 5.91 Å². The number of carbonyl (C=O) groups excluding carboxylic acids is 1. The minimum atomic E-state index is -0.146. The molecule has 0 aromatic heterocycles. The highest BCUT2D eigenvalue weighted by Crippen LogP contribution is 2.31. The number of hydrogen-bond donors (Lipinski definition) is 2. The molecule has 1 rings (SSSR count). The largest absolute Gasteiger partial charge is 0.397 e. The second-order valence-corrected chi connectivity index (χ2v) is 6.16. The van der Waals surface area contributed by atoms with Gasteiger partial charge in [0.1, 0.15) is 0 Å². The van der Waals surface area contributed by atoms with Gasteiger partial charge in [0.25, 0.3) is 0 Å². The number of halogens is 2. The lowest BCUT2D eigenvalue weighted by molar-refractivity contribution is -0.117. The van der Waals surface area contributed by atoms with Crippen molar-refractivity contribution in [2.45, 2.75) is 20.3 Å². The highest BCUT2D eigenvalue weighted by Gasteiger charge is 2.12. The molecule has 4 nitrogen and oxygen atoms in total. The Bertz CT molecular complexity index is 454. The molecule has 0 aliphatic heterocycles. The van der Waals surface area contributed by atoms with Gasteiger partial charge < -0.3 is 11.1 Å². The Morgan fingerprint density at radius 2 is 2.05 bits per heavy atom. The van der Waals surface area contributed by atoms with Crippen LogP contribution in [-0.4, -0.2) is 30.9 Å². The van der Waals surface area contributed by atoms with Gasteiger partial charge in [-0.3, -0.25) is 9.69 Å². The summed E-state index contributed by atoms with van der Waals surface area (Å²) in [6, 6.07) is 3.11. The highest BCUT2D eigenvalue weighted by atomic mass is 35.5. The summed E-state index contributed by atoms with van der Waals surface area (Å²) < 4.78 is 0. The fourth-order valence-electron chi connectivity index (χ4n) is 1.71. The molecule has 6 heteroatoms.